The number of nitrogens with one attached hydrogen (secondary N) is 1. The number of thioether (sulfide) groups is 1. The first-order valence-electron chi connectivity index (χ1n) is 4.08. The maximum absolute atomic E-state index is 12.4. The number of halogens is 3. The molecule has 0 aliphatic carbocycles. The summed E-state index contributed by atoms with van der Waals surface area (Å²) < 4.78 is 38.5. The second-order valence-corrected chi connectivity index (χ2v) is 3.93. The van der Waals surface area contributed by atoms with E-state index in [0.717, 1.165) is 11.8 Å². The Morgan fingerprint density at radius 3 is 2.62 bits per heavy atom. The third-order valence-corrected chi connectivity index (χ3v) is 2.83. The molecule has 1 unspecified atom stereocenters. The van der Waals surface area contributed by atoms with Crippen LogP contribution in [0.3, 0.4) is 0 Å². The summed E-state index contributed by atoms with van der Waals surface area (Å²) in [5.41, 5.74) is 4.89. The molecule has 1 rings (SSSR count). The standard InChI is InChI=1S/C6H9F3N6S/c1-15-5(12-13-14-15)16-2-3(4(10)11)6(7,8)9/h3H,2H2,1H3,(H3,10,11). The van der Waals surface area contributed by atoms with Crippen LogP contribution in [0.15, 0.2) is 5.16 Å². The van der Waals surface area contributed by atoms with Crippen molar-refractivity contribution >= 4 is 17.6 Å². The van der Waals surface area contributed by atoms with E-state index in [-0.39, 0.29) is 5.16 Å². The number of rotatable bonds is 4. The Morgan fingerprint density at radius 1 is 1.62 bits per heavy atom. The molecule has 0 bridgehead atoms. The first kappa shape index (κ1) is 12.7. The third-order valence-electron chi connectivity index (χ3n) is 1.73. The molecule has 0 spiro atoms. The van der Waals surface area contributed by atoms with Crippen molar-refractivity contribution in [3.8, 4) is 0 Å². The molecule has 0 aliphatic rings. The smallest absolute Gasteiger partial charge is 0.387 e. The van der Waals surface area contributed by atoms with Crippen LogP contribution in [0.25, 0.3) is 0 Å². The molecule has 1 atom stereocenters. The summed E-state index contributed by atoms with van der Waals surface area (Å²) in [6, 6.07) is 0. The fourth-order valence-electron chi connectivity index (χ4n) is 0.862. The minimum Gasteiger partial charge on any atom is -0.387 e. The quantitative estimate of drug-likeness (QED) is 0.461. The van der Waals surface area contributed by atoms with Crippen molar-refractivity contribution in [3.63, 3.8) is 0 Å². The van der Waals surface area contributed by atoms with Gasteiger partial charge in [-0.1, -0.05) is 11.8 Å². The molecule has 0 saturated heterocycles. The van der Waals surface area contributed by atoms with Crippen molar-refractivity contribution in [2.45, 2.75) is 11.3 Å². The number of hydrogen-bond donors (Lipinski definition) is 2. The zero-order chi connectivity index (χ0) is 12.3. The second-order valence-electron chi connectivity index (χ2n) is 2.95. The Morgan fingerprint density at radius 2 is 2.25 bits per heavy atom. The summed E-state index contributed by atoms with van der Waals surface area (Å²) in [6.07, 6.45) is -4.52. The molecule has 0 radical (unpaired) electrons. The van der Waals surface area contributed by atoms with Gasteiger partial charge in [-0.2, -0.15) is 13.2 Å². The summed E-state index contributed by atoms with van der Waals surface area (Å²) >= 11 is 0.803. The van der Waals surface area contributed by atoms with E-state index >= 15 is 0 Å². The van der Waals surface area contributed by atoms with Crippen LogP contribution in [-0.2, 0) is 7.05 Å². The molecule has 1 aromatic heterocycles. The van der Waals surface area contributed by atoms with Crippen molar-refractivity contribution in [2.75, 3.05) is 5.75 Å². The number of nitrogens with two attached hydrogens (primary N) is 1. The van der Waals surface area contributed by atoms with Gasteiger partial charge in [0.2, 0.25) is 5.16 Å². The highest BCUT2D eigenvalue weighted by molar-refractivity contribution is 7.99. The molecular weight excluding hydrogens is 245 g/mol. The number of amidine groups is 1. The monoisotopic (exact) mass is 254 g/mol. The first-order valence-corrected chi connectivity index (χ1v) is 5.06. The molecule has 90 valence electrons. The molecule has 0 fully saturated rings. The maximum Gasteiger partial charge on any atom is 0.399 e. The van der Waals surface area contributed by atoms with Crippen molar-refractivity contribution in [1.29, 1.82) is 5.41 Å². The van der Waals surface area contributed by atoms with E-state index in [0.29, 0.717) is 0 Å². The third kappa shape index (κ3) is 3.08. The summed E-state index contributed by atoms with van der Waals surface area (Å²) in [5.74, 6) is -3.29. The first-order chi connectivity index (χ1) is 7.32. The van der Waals surface area contributed by atoms with Gasteiger partial charge in [-0.05, 0) is 10.4 Å². The van der Waals surface area contributed by atoms with Crippen molar-refractivity contribution in [3.05, 3.63) is 0 Å². The highest BCUT2D eigenvalue weighted by Crippen LogP contribution is 2.30. The van der Waals surface area contributed by atoms with E-state index < -0.39 is 23.7 Å². The van der Waals surface area contributed by atoms with Gasteiger partial charge in [0.05, 0.1) is 0 Å². The van der Waals surface area contributed by atoms with E-state index in [4.69, 9.17) is 11.1 Å². The van der Waals surface area contributed by atoms with Crippen LogP contribution >= 0.6 is 11.8 Å². The molecule has 0 amide bonds. The normalized spacial score (nSPS) is 13.8. The summed E-state index contributed by atoms with van der Waals surface area (Å²) in [4.78, 5) is 0. The molecule has 0 aromatic carbocycles. The van der Waals surface area contributed by atoms with Crippen molar-refractivity contribution in [1.82, 2.24) is 20.2 Å². The van der Waals surface area contributed by atoms with Crippen LogP contribution in [0.4, 0.5) is 13.2 Å². The number of tetrazole rings is 1. The lowest BCUT2D eigenvalue weighted by molar-refractivity contribution is -0.150. The Labute approximate surface area is 92.9 Å². The molecule has 1 aromatic rings. The number of aromatic nitrogens is 4. The van der Waals surface area contributed by atoms with Crippen LogP contribution in [0, 0.1) is 11.3 Å². The van der Waals surface area contributed by atoms with Crippen LogP contribution < -0.4 is 5.73 Å². The molecule has 10 heteroatoms. The van der Waals surface area contributed by atoms with Gasteiger partial charge in [0.15, 0.2) is 0 Å². The lowest BCUT2D eigenvalue weighted by Gasteiger charge is -2.17. The summed E-state index contributed by atoms with van der Waals surface area (Å²) in [5, 5.41) is 17.4. The fourth-order valence-corrected chi connectivity index (χ4v) is 1.86. The number of hydrogen-bond acceptors (Lipinski definition) is 5. The van der Waals surface area contributed by atoms with E-state index in [2.05, 4.69) is 15.5 Å². The van der Waals surface area contributed by atoms with Crippen LogP contribution in [0.1, 0.15) is 0 Å². The highest BCUT2D eigenvalue weighted by Gasteiger charge is 2.42. The Bertz CT molecular complexity index is 375. The predicted molar refractivity (Wildman–Crippen MR) is 51.0 cm³/mol. The molecule has 3 N–H and O–H groups in total. The van der Waals surface area contributed by atoms with Crippen LogP contribution in [0.2, 0.25) is 0 Å². The zero-order valence-electron chi connectivity index (χ0n) is 8.19. The van der Waals surface area contributed by atoms with Gasteiger partial charge in [0, 0.05) is 12.8 Å². The lowest BCUT2D eigenvalue weighted by Crippen LogP contribution is -2.37. The number of aryl methyl sites for hydroxylation is 1. The largest absolute Gasteiger partial charge is 0.399 e. The number of nitrogens with zero attached hydrogens (tertiary/aromatic N) is 4. The highest BCUT2D eigenvalue weighted by atomic mass is 32.2. The van der Waals surface area contributed by atoms with Crippen molar-refractivity contribution < 1.29 is 13.2 Å². The Hall–Kier alpha value is -1.32. The van der Waals surface area contributed by atoms with Crippen LogP contribution in [0.5, 0.6) is 0 Å². The van der Waals surface area contributed by atoms with Gasteiger partial charge in [0.25, 0.3) is 0 Å². The SMILES string of the molecule is Cn1nnnc1SCC(C(=N)N)C(F)(F)F. The second kappa shape index (κ2) is 4.68. The minimum absolute atomic E-state index is 0.246. The lowest BCUT2D eigenvalue weighted by atomic mass is 10.1. The Kier molecular flexibility index (Phi) is 3.73. The predicted octanol–water partition coefficient (Wildman–Crippen LogP) is 0.417. The molecule has 16 heavy (non-hydrogen) atoms. The topological polar surface area (TPSA) is 93.5 Å². The Balaban J connectivity index is 2.65. The van der Waals surface area contributed by atoms with E-state index in [1.165, 1.54) is 11.7 Å². The van der Waals surface area contributed by atoms with Crippen LogP contribution in [-0.4, -0.2) is 38.0 Å². The van der Waals surface area contributed by atoms with Gasteiger partial charge in [-0.25, -0.2) is 4.68 Å². The average Bonchev–Trinajstić information content (AvgIpc) is 2.49. The molecule has 0 saturated carbocycles. The van der Waals surface area contributed by atoms with E-state index in [9.17, 15) is 13.2 Å². The molecule has 6 nitrogen and oxygen atoms in total. The van der Waals surface area contributed by atoms with Gasteiger partial charge < -0.3 is 5.73 Å². The van der Waals surface area contributed by atoms with E-state index in [1.807, 2.05) is 0 Å². The van der Waals surface area contributed by atoms with Gasteiger partial charge in [-0.15, -0.1) is 5.10 Å². The minimum atomic E-state index is -4.52. The van der Waals surface area contributed by atoms with Crippen molar-refractivity contribution in [2.24, 2.45) is 18.7 Å². The van der Waals surface area contributed by atoms with Gasteiger partial charge >= 0.3 is 6.18 Å². The van der Waals surface area contributed by atoms with Gasteiger partial charge in [0.1, 0.15) is 11.8 Å². The summed E-state index contributed by atoms with van der Waals surface area (Å²) in [6.45, 7) is 0. The maximum atomic E-state index is 12.4. The zero-order valence-corrected chi connectivity index (χ0v) is 9.01. The summed E-state index contributed by atoms with van der Waals surface area (Å²) in [7, 11) is 1.51. The molecule has 0 aliphatic heterocycles. The molecular formula is C6H9F3N6S. The van der Waals surface area contributed by atoms with E-state index in [1.54, 1.807) is 0 Å². The fraction of sp³-hybridized carbons (Fsp3) is 0.667. The average molecular weight is 254 g/mol. The molecule has 1 heterocycles. The number of alkyl halides is 3. The van der Waals surface area contributed by atoms with Gasteiger partial charge in [-0.3, -0.25) is 5.41 Å².